The minimum absolute atomic E-state index is 0.158. The Morgan fingerprint density at radius 2 is 1.42 bits per heavy atom. The average molecular weight is 452 g/mol. The van der Waals surface area contributed by atoms with E-state index in [1.54, 1.807) is 48.3 Å². The van der Waals surface area contributed by atoms with Crippen LogP contribution in [0.3, 0.4) is 0 Å². The lowest BCUT2D eigenvalue weighted by Crippen LogP contribution is -2.52. The van der Waals surface area contributed by atoms with Crippen molar-refractivity contribution in [1.29, 1.82) is 0 Å². The van der Waals surface area contributed by atoms with Gasteiger partial charge in [0.1, 0.15) is 11.5 Å². The highest BCUT2D eigenvalue weighted by Crippen LogP contribution is 2.29. The van der Waals surface area contributed by atoms with E-state index in [1.807, 2.05) is 17.4 Å². The summed E-state index contributed by atoms with van der Waals surface area (Å²) in [5, 5.41) is 4.74. The van der Waals surface area contributed by atoms with E-state index in [4.69, 9.17) is 9.47 Å². The summed E-state index contributed by atoms with van der Waals surface area (Å²) >= 11 is 0. The molecule has 0 saturated carbocycles. The summed E-state index contributed by atoms with van der Waals surface area (Å²) in [4.78, 5) is 51.8. The predicted molar refractivity (Wildman–Crippen MR) is 117 cm³/mol. The van der Waals surface area contributed by atoms with Gasteiger partial charge in [-0.05, 0) is 47.5 Å². The molecule has 0 spiro atoms. The maximum Gasteiger partial charge on any atom is 0.321 e. The predicted octanol–water partition coefficient (Wildman–Crippen LogP) is 1.14. The number of rotatable bonds is 8. The zero-order valence-electron chi connectivity index (χ0n) is 18.3. The van der Waals surface area contributed by atoms with Crippen LogP contribution in [-0.2, 0) is 17.9 Å². The number of carbonyl (C=O) groups is 4. The van der Waals surface area contributed by atoms with Crippen LogP contribution >= 0.6 is 0 Å². The largest absolute Gasteiger partial charge is 0.497 e. The average Bonchev–Trinajstić information content (AvgIpc) is 3.28. The first-order valence-corrected chi connectivity index (χ1v) is 10.4. The molecule has 33 heavy (non-hydrogen) atoms. The number of fused-ring (bicyclic) bond motifs is 2. The second kappa shape index (κ2) is 9.19. The highest BCUT2D eigenvalue weighted by Gasteiger charge is 2.34. The van der Waals surface area contributed by atoms with Gasteiger partial charge >= 0.3 is 6.03 Å². The molecule has 2 N–H and O–H groups in total. The number of nitrogens with one attached hydrogen (secondary N) is 2. The molecular weight excluding hydrogens is 428 g/mol. The summed E-state index contributed by atoms with van der Waals surface area (Å²) in [5.41, 5.74) is 2.80. The van der Waals surface area contributed by atoms with Crippen molar-refractivity contribution in [2.75, 3.05) is 27.3 Å². The van der Waals surface area contributed by atoms with Crippen LogP contribution in [0.2, 0.25) is 0 Å². The number of nitrogens with zero attached hydrogens (tertiary/aromatic N) is 2. The van der Waals surface area contributed by atoms with Crippen LogP contribution in [0.4, 0.5) is 4.79 Å². The number of benzene rings is 2. The Balaban J connectivity index is 1.50. The van der Waals surface area contributed by atoms with E-state index in [2.05, 4.69) is 5.32 Å². The molecule has 2 aromatic rings. The molecule has 2 aliphatic heterocycles. The van der Waals surface area contributed by atoms with Gasteiger partial charge in [0.05, 0.1) is 20.3 Å². The van der Waals surface area contributed by atoms with Crippen LogP contribution in [0.25, 0.3) is 0 Å². The summed E-state index contributed by atoms with van der Waals surface area (Å²) in [6.07, 6.45) is 0.276. The van der Waals surface area contributed by atoms with E-state index in [0.29, 0.717) is 35.7 Å². The first-order chi connectivity index (χ1) is 15.9. The van der Waals surface area contributed by atoms with Gasteiger partial charge < -0.3 is 24.6 Å². The standard InChI is InChI=1S/C23H24N4O6/c1-32-17-3-5-19-14(7-17)9-26(21(19)29)11-16(25-23(31)24-13-28)12-27-10-15-8-18(33-2)4-6-20(15)22(27)30/h3-8,13,16H,9-12H2,1-2H3,(H2,24,25,28,31). The minimum Gasteiger partial charge on any atom is -0.497 e. The van der Waals surface area contributed by atoms with Crippen molar-refractivity contribution in [3.05, 3.63) is 58.7 Å². The third kappa shape index (κ3) is 4.45. The Hall–Kier alpha value is -4.08. The summed E-state index contributed by atoms with van der Waals surface area (Å²) in [6, 6.07) is 9.19. The number of carbonyl (C=O) groups excluding carboxylic acids is 4. The van der Waals surface area contributed by atoms with Crippen molar-refractivity contribution >= 4 is 24.3 Å². The summed E-state index contributed by atoms with van der Waals surface area (Å²) < 4.78 is 10.5. The second-order valence-electron chi connectivity index (χ2n) is 7.85. The van der Waals surface area contributed by atoms with Crippen molar-refractivity contribution in [2.24, 2.45) is 0 Å². The lowest BCUT2D eigenvalue weighted by Gasteiger charge is -2.28. The maximum absolute atomic E-state index is 12.9. The van der Waals surface area contributed by atoms with Gasteiger partial charge in [-0.15, -0.1) is 0 Å². The third-order valence-electron chi connectivity index (χ3n) is 5.79. The van der Waals surface area contributed by atoms with Crippen LogP contribution < -0.4 is 20.1 Å². The minimum atomic E-state index is -0.702. The van der Waals surface area contributed by atoms with Gasteiger partial charge in [0.2, 0.25) is 6.41 Å². The number of hydrogen-bond acceptors (Lipinski definition) is 6. The number of amides is 5. The molecule has 2 aromatic carbocycles. The Bertz CT molecular complexity index is 1040. The number of imide groups is 1. The zero-order valence-corrected chi connectivity index (χ0v) is 18.3. The fraction of sp³-hybridized carbons (Fsp3) is 0.304. The van der Waals surface area contributed by atoms with Gasteiger partial charge in [0.15, 0.2) is 0 Å². The van der Waals surface area contributed by atoms with Crippen molar-refractivity contribution in [3.8, 4) is 11.5 Å². The van der Waals surface area contributed by atoms with Gasteiger partial charge in [-0.3, -0.25) is 19.7 Å². The van der Waals surface area contributed by atoms with Crippen molar-refractivity contribution < 1.29 is 28.7 Å². The molecule has 0 saturated heterocycles. The van der Waals surface area contributed by atoms with E-state index in [9.17, 15) is 19.2 Å². The second-order valence-corrected chi connectivity index (χ2v) is 7.85. The van der Waals surface area contributed by atoms with E-state index in [-0.39, 0.29) is 31.3 Å². The number of ether oxygens (including phenoxy) is 2. The molecule has 2 heterocycles. The lowest BCUT2D eigenvalue weighted by atomic mass is 10.1. The molecule has 0 atom stereocenters. The topological polar surface area (TPSA) is 117 Å². The molecule has 0 unspecified atom stereocenters. The normalized spacial score (nSPS) is 14.3. The van der Waals surface area contributed by atoms with E-state index >= 15 is 0 Å². The molecule has 0 aromatic heterocycles. The Morgan fingerprint density at radius 1 is 0.939 bits per heavy atom. The van der Waals surface area contributed by atoms with Crippen LogP contribution in [0.15, 0.2) is 36.4 Å². The molecule has 10 nitrogen and oxygen atoms in total. The molecule has 5 amide bonds. The Labute approximate surface area is 190 Å². The first kappa shape index (κ1) is 22.1. The van der Waals surface area contributed by atoms with Crippen LogP contribution in [0.1, 0.15) is 31.8 Å². The molecule has 0 fully saturated rings. The number of hydrogen-bond donors (Lipinski definition) is 2. The van der Waals surface area contributed by atoms with Crippen LogP contribution in [0, 0.1) is 0 Å². The van der Waals surface area contributed by atoms with Gasteiger partial charge in [-0.1, -0.05) is 0 Å². The molecule has 10 heteroatoms. The highest BCUT2D eigenvalue weighted by atomic mass is 16.5. The van der Waals surface area contributed by atoms with Gasteiger partial charge in [0, 0.05) is 37.3 Å². The number of urea groups is 1. The maximum atomic E-state index is 12.9. The molecular formula is C23H24N4O6. The Kier molecular flexibility index (Phi) is 6.16. The van der Waals surface area contributed by atoms with E-state index in [1.165, 1.54) is 0 Å². The molecule has 2 aliphatic rings. The SMILES string of the molecule is COc1ccc2c(c1)CN(CC(CN1Cc3cc(OC)ccc3C1=O)NC(=O)NC=O)C2=O. The Morgan fingerprint density at radius 3 is 1.85 bits per heavy atom. The smallest absolute Gasteiger partial charge is 0.321 e. The van der Waals surface area contributed by atoms with Crippen molar-refractivity contribution in [2.45, 2.75) is 19.1 Å². The van der Waals surface area contributed by atoms with Gasteiger partial charge in [-0.25, -0.2) is 4.79 Å². The quantitative estimate of drug-likeness (QED) is 0.580. The van der Waals surface area contributed by atoms with Crippen LogP contribution in [-0.4, -0.2) is 67.4 Å². The van der Waals surface area contributed by atoms with E-state index in [0.717, 1.165) is 11.1 Å². The summed E-state index contributed by atoms with van der Waals surface area (Å²) in [6.45, 7) is 1.02. The summed E-state index contributed by atoms with van der Waals surface area (Å²) in [7, 11) is 3.12. The summed E-state index contributed by atoms with van der Waals surface area (Å²) in [5.74, 6) is 0.964. The van der Waals surface area contributed by atoms with Gasteiger partial charge in [-0.2, -0.15) is 0 Å². The molecule has 4 rings (SSSR count). The monoisotopic (exact) mass is 452 g/mol. The first-order valence-electron chi connectivity index (χ1n) is 10.4. The fourth-order valence-corrected chi connectivity index (χ4v) is 4.23. The third-order valence-corrected chi connectivity index (χ3v) is 5.79. The molecule has 0 aliphatic carbocycles. The molecule has 0 radical (unpaired) electrons. The van der Waals surface area contributed by atoms with Gasteiger partial charge in [0.25, 0.3) is 11.8 Å². The van der Waals surface area contributed by atoms with E-state index < -0.39 is 12.1 Å². The van der Waals surface area contributed by atoms with Crippen molar-refractivity contribution in [1.82, 2.24) is 20.4 Å². The van der Waals surface area contributed by atoms with Crippen LogP contribution in [0.5, 0.6) is 11.5 Å². The van der Waals surface area contributed by atoms with Crippen molar-refractivity contribution in [3.63, 3.8) is 0 Å². The zero-order chi connectivity index (χ0) is 23.5. The lowest BCUT2D eigenvalue weighted by molar-refractivity contribution is -0.108. The highest BCUT2D eigenvalue weighted by molar-refractivity contribution is 5.99. The number of methoxy groups -OCH3 is 2. The molecule has 0 bridgehead atoms. The molecule has 172 valence electrons. The fourth-order valence-electron chi connectivity index (χ4n) is 4.23.